The van der Waals surface area contributed by atoms with Crippen LogP contribution in [0, 0.1) is 0 Å². The normalized spacial score (nSPS) is 19.5. The van der Waals surface area contributed by atoms with Gasteiger partial charge < -0.3 is 14.1 Å². The van der Waals surface area contributed by atoms with Crippen molar-refractivity contribution in [3.8, 4) is 0 Å². The quantitative estimate of drug-likeness (QED) is 0.482. The van der Waals surface area contributed by atoms with Crippen LogP contribution < -0.4 is 0 Å². The van der Waals surface area contributed by atoms with E-state index in [-0.39, 0.29) is 18.2 Å². The molecule has 0 spiro atoms. The molecule has 0 aliphatic carbocycles. The van der Waals surface area contributed by atoms with E-state index in [1.807, 2.05) is 0 Å². The second-order valence-corrected chi connectivity index (χ2v) is 13.9. The van der Waals surface area contributed by atoms with Crippen molar-refractivity contribution in [3.63, 3.8) is 0 Å². The lowest BCUT2D eigenvalue weighted by molar-refractivity contribution is -0.148. The average Bonchev–Trinajstić information content (AvgIpc) is 2.86. The number of hydrogen-bond donors (Lipinski definition) is 0. The van der Waals surface area contributed by atoms with Gasteiger partial charge in [0.2, 0.25) is 0 Å². The number of likely N-dealkylation sites (tertiary alicyclic amines) is 1. The first-order valence-electron chi connectivity index (χ1n) is 9.78. The van der Waals surface area contributed by atoms with Gasteiger partial charge in [-0.25, -0.2) is 4.79 Å². The zero-order valence-electron chi connectivity index (χ0n) is 18.1. The fraction of sp³-hybridized carbons (Fsp3) is 0.619. The van der Waals surface area contributed by atoms with Crippen molar-refractivity contribution in [3.05, 3.63) is 35.4 Å². The van der Waals surface area contributed by atoms with Gasteiger partial charge in [-0.15, -0.1) is 0 Å². The van der Waals surface area contributed by atoms with Gasteiger partial charge in [-0.1, -0.05) is 32.9 Å². The van der Waals surface area contributed by atoms with E-state index >= 15 is 0 Å². The molecule has 1 aliphatic heterocycles. The number of nitrogens with zero attached hydrogens (tertiary/aromatic N) is 1. The molecule has 0 radical (unpaired) electrons. The van der Waals surface area contributed by atoms with Crippen LogP contribution >= 0.6 is 0 Å². The maximum atomic E-state index is 14.1. The van der Waals surface area contributed by atoms with E-state index in [0.29, 0.717) is 12.0 Å². The van der Waals surface area contributed by atoms with Crippen LogP contribution in [0.4, 0.5) is 8.78 Å². The van der Waals surface area contributed by atoms with Gasteiger partial charge in [-0.05, 0) is 42.2 Å². The van der Waals surface area contributed by atoms with Crippen molar-refractivity contribution in [2.45, 2.75) is 63.7 Å². The summed E-state index contributed by atoms with van der Waals surface area (Å²) in [7, 11) is -0.798. The Bertz CT molecular complexity index is 744. The van der Waals surface area contributed by atoms with Gasteiger partial charge in [0, 0.05) is 13.0 Å². The van der Waals surface area contributed by atoms with Crippen LogP contribution in [0.1, 0.15) is 43.1 Å². The largest absolute Gasteiger partial charge is 0.465 e. The van der Waals surface area contributed by atoms with E-state index in [4.69, 9.17) is 4.43 Å². The Morgan fingerprint density at radius 1 is 1.24 bits per heavy atom. The van der Waals surface area contributed by atoms with Crippen molar-refractivity contribution in [2.75, 3.05) is 20.3 Å². The fourth-order valence-corrected chi connectivity index (χ4v) is 4.04. The molecule has 1 heterocycles. The number of carbonyl (C=O) groups is 2. The third-order valence-corrected chi connectivity index (χ3v) is 10.5. The zero-order chi connectivity index (χ0) is 22.0. The molecule has 0 N–H and O–H groups in total. The third kappa shape index (κ3) is 5.42. The van der Waals surface area contributed by atoms with Crippen molar-refractivity contribution >= 4 is 20.2 Å². The Kier molecular flexibility index (Phi) is 6.89. The molecule has 1 aliphatic rings. The van der Waals surface area contributed by atoms with Gasteiger partial charge in [0.05, 0.1) is 25.3 Å². The first-order chi connectivity index (χ1) is 13.3. The van der Waals surface area contributed by atoms with Crippen molar-refractivity contribution < 1.29 is 27.5 Å². The van der Waals surface area contributed by atoms with Gasteiger partial charge in [-0.3, -0.25) is 4.79 Å². The predicted octanol–water partition coefficient (Wildman–Crippen LogP) is 4.27. The maximum absolute atomic E-state index is 14.1. The molecule has 8 heteroatoms. The molecule has 0 saturated carbocycles. The summed E-state index contributed by atoms with van der Waals surface area (Å²) in [6, 6.07) is 6.10. The van der Waals surface area contributed by atoms with Crippen LogP contribution in [-0.4, -0.2) is 57.3 Å². The highest BCUT2D eigenvalue weighted by Gasteiger charge is 2.53. The maximum Gasteiger partial charge on any atom is 0.337 e. The number of benzene rings is 1. The lowest BCUT2D eigenvalue weighted by Crippen LogP contribution is -2.45. The highest BCUT2D eigenvalue weighted by Crippen LogP contribution is 2.39. The molecule has 162 valence electrons. The molecule has 0 bridgehead atoms. The highest BCUT2D eigenvalue weighted by atomic mass is 28.4. The minimum absolute atomic E-state index is 0.0374. The second-order valence-electron chi connectivity index (χ2n) is 9.07. The van der Waals surface area contributed by atoms with Crippen LogP contribution in [0.3, 0.4) is 0 Å². The number of ether oxygens (including phenoxy) is 1. The van der Waals surface area contributed by atoms with E-state index in [1.165, 1.54) is 12.0 Å². The Labute approximate surface area is 172 Å². The summed E-state index contributed by atoms with van der Waals surface area (Å²) in [6.07, 6.45) is -0.0956. The Morgan fingerprint density at radius 2 is 1.83 bits per heavy atom. The van der Waals surface area contributed by atoms with Crippen molar-refractivity contribution in [1.29, 1.82) is 0 Å². The van der Waals surface area contributed by atoms with Gasteiger partial charge in [0.25, 0.3) is 5.91 Å². The van der Waals surface area contributed by atoms with Gasteiger partial charge in [-0.2, -0.15) is 8.78 Å². The van der Waals surface area contributed by atoms with Gasteiger partial charge in [0.1, 0.15) is 0 Å². The van der Waals surface area contributed by atoms with Crippen LogP contribution in [0.25, 0.3) is 0 Å². The first-order valence-corrected chi connectivity index (χ1v) is 12.7. The topological polar surface area (TPSA) is 55.8 Å². The van der Waals surface area contributed by atoms with Gasteiger partial charge in [0.15, 0.2) is 8.32 Å². The average molecular weight is 428 g/mol. The van der Waals surface area contributed by atoms with Crippen LogP contribution in [-0.2, 0) is 20.4 Å². The lowest BCUT2D eigenvalue weighted by atomic mass is 10.1. The molecule has 1 amide bonds. The van der Waals surface area contributed by atoms with Crippen molar-refractivity contribution in [1.82, 2.24) is 4.90 Å². The molecule has 29 heavy (non-hydrogen) atoms. The lowest BCUT2D eigenvalue weighted by Gasteiger charge is -2.37. The molecule has 1 atom stereocenters. The Balaban J connectivity index is 2.05. The molecule has 2 rings (SSSR count). The SMILES string of the molecule is COC(=O)c1ccc(CCN2C(=O)C(F)(F)C[C@@H]2CO[Si](C)(C)C(C)(C)C)cc1. The second kappa shape index (κ2) is 8.51. The number of methoxy groups -OCH3 is 1. The molecular weight excluding hydrogens is 396 g/mol. The summed E-state index contributed by atoms with van der Waals surface area (Å²) in [5.41, 5.74) is 1.27. The van der Waals surface area contributed by atoms with E-state index in [2.05, 4.69) is 38.6 Å². The minimum Gasteiger partial charge on any atom is -0.465 e. The summed E-state index contributed by atoms with van der Waals surface area (Å²) in [6.45, 7) is 10.7. The first kappa shape index (κ1) is 23.5. The highest BCUT2D eigenvalue weighted by molar-refractivity contribution is 6.74. The van der Waals surface area contributed by atoms with E-state index in [9.17, 15) is 18.4 Å². The summed E-state index contributed by atoms with van der Waals surface area (Å²) in [4.78, 5) is 25.0. The minimum atomic E-state index is -3.35. The zero-order valence-corrected chi connectivity index (χ0v) is 19.1. The Hall–Kier alpha value is -1.80. The van der Waals surface area contributed by atoms with Crippen LogP contribution in [0.5, 0.6) is 0 Å². The monoisotopic (exact) mass is 427 g/mol. The molecule has 1 fully saturated rings. The van der Waals surface area contributed by atoms with E-state index in [0.717, 1.165) is 5.56 Å². The number of rotatable bonds is 7. The van der Waals surface area contributed by atoms with Crippen LogP contribution in [0.2, 0.25) is 18.1 Å². The molecule has 1 saturated heterocycles. The number of amides is 1. The smallest absolute Gasteiger partial charge is 0.337 e. The third-order valence-electron chi connectivity index (χ3n) is 5.97. The summed E-state index contributed by atoms with van der Waals surface area (Å²) in [5.74, 6) is -4.92. The molecule has 5 nitrogen and oxygen atoms in total. The predicted molar refractivity (Wildman–Crippen MR) is 110 cm³/mol. The van der Waals surface area contributed by atoms with Crippen LogP contribution in [0.15, 0.2) is 24.3 Å². The van der Waals surface area contributed by atoms with E-state index in [1.54, 1.807) is 24.3 Å². The van der Waals surface area contributed by atoms with Crippen molar-refractivity contribution in [2.24, 2.45) is 0 Å². The number of halogens is 2. The van der Waals surface area contributed by atoms with E-state index < -0.39 is 38.6 Å². The molecule has 1 aromatic rings. The summed E-state index contributed by atoms with van der Waals surface area (Å²) < 4.78 is 39.0. The summed E-state index contributed by atoms with van der Waals surface area (Å²) >= 11 is 0. The Morgan fingerprint density at radius 3 is 2.34 bits per heavy atom. The number of alkyl halides is 2. The standard InChI is InChI=1S/C21H31F2NO4Si/c1-20(2,3)29(5,6)28-14-17-13-21(22,23)19(26)24(17)12-11-15-7-9-16(10-8-15)18(25)27-4/h7-10,17H,11-14H2,1-6H3/t17-/m1/s1. The molecule has 1 aromatic carbocycles. The fourth-order valence-electron chi connectivity index (χ4n) is 3.00. The molecular formula is C21H31F2NO4Si. The number of carbonyl (C=O) groups excluding carboxylic acids is 2. The summed E-state index contributed by atoms with van der Waals surface area (Å²) in [5, 5.41) is -0.0374. The molecule has 0 unspecified atom stereocenters. The number of hydrogen-bond acceptors (Lipinski definition) is 4. The number of esters is 1. The van der Waals surface area contributed by atoms with Gasteiger partial charge >= 0.3 is 11.9 Å². The molecule has 0 aromatic heterocycles.